The van der Waals surface area contributed by atoms with Gasteiger partial charge in [0.05, 0.1) is 31.2 Å². The molecule has 0 unspecified atom stereocenters. The zero-order valence-electron chi connectivity index (χ0n) is 19.0. The second-order valence-corrected chi connectivity index (χ2v) is 8.12. The normalized spacial score (nSPS) is 12.9. The third kappa shape index (κ3) is 11.0. The van der Waals surface area contributed by atoms with Crippen LogP contribution in [0.4, 0.5) is 0 Å². The van der Waals surface area contributed by atoms with Crippen LogP contribution in [0, 0.1) is 5.92 Å². The molecule has 36 heavy (non-hydrogen) atoms. The molecule has 0 saturated carbocycles. The number of rotatable bonds is 17. The van der Waals surface area contributed by atoms with Gasteiger partial charge in [0.1, 0.15) is 6.04 Å². The molecule has 0 heterocycles. The lowest BCUT2D eigenvalue weighted by Crippen LogP contribution is -2.47. The van der Waals surface area contributed by atoms with E-state index in [-0.39, 0.29) is 18.7 Å². The van der Waals surface area contributed by atoms with Crippen molar-refractivity contribution in [1.29, 1.82) is 0 Å². The molecule has 0 bridgehead atoms. The first-order valence-electron chi connectivity index (χ1n) is 10.6. The Hall–Kier alpha value is -3.94. The van der Waals surface area contributed by atoms with E-state index < -0.39 is 72.8 Å². The number of carbonyl (C=O) groups is 7. The first-order chi connectivity index (χ1) is 17.0. The summed E-state index contributed by atoms with van der Waals surface area (Å²) in [6, 6.07) is 3.59. The topological polar surface area (TPSA) is 216 Å². The summed E-state index contributed by atoms with van der Waals surface area (Å²) < 4.78 is 0. The van der Waals surface area contributed by atoms with E-state index >= 15 is 0 Å². The monoisotopic (exact) mass is 525 g/mol. The van der Waals surface area contributed by atoms with E-state index in [0.29, 0.717) is 12.0 Å². The Morgan fingerprint density at radius 1 is 0.833 bits per heavy atom. The zero-order valence-corrected chi connectivity index (χ0v) is 19.9. The van der Waals surface area contributed by atoms with Crippen LogP contribution in [0.2, 0.25) is 0 Å². The summed E-state index contributed by atoms with van der Waals surface area (Å²) in [5.41, 5.74) is 1.31. The fourth-order valence-electron chi connectivity index (χ4n) is 3.11. The second-order valence-electron chi connectivity index (χ2n) is 7.76. The molecule has 3 amide bonds. The van der Waals surface area contributed by atoms with E-state index in [1.165, 1.54) is 0 Å². The van der Waals surface area contributed by atoms with Gasteiger partial charge in [-0.25, -0.2) is 4.79 Å². The Kier molecular flexibility index (Phi) is 12.7. The van der Waals surface area contributed by atoms with E-state index in [1.54, 1.807) is 24.3 Å². The Labute approximate surface area is 211 Å². The highest BCUT2D eigenvalue weighted by molar-refractivity contribution is 7.80. The van der Waals surface area contributed by atoms with Gasteiger partial charge in [-0.05, 0) is 11.1 Å². The molecule has 3 atom stereocenters. The number of nitrogens with one attached hydrogen (secondary N) is 3. The predicted octanol–water partition coefficient (Wildman–Crippen LogP) is -1.02. The number of Topliss-reactive ketones (excluding diaryl/α,β-unsaturated/α-hetero) is 1. The van der Waals surface area contributed by atoms with Crippen molar-refractivity contribution in [2.24, 2.45) is 5.92 Å². The first-order valence-corrected chi connectivity index (χ1v) is 11.2. The summed E-state index contributed by atoms with van der Waals surface area (Å²) in [4.78, 5) is 81.6. The summed E-state index contributed by atoms with van der Waals surface area (Å²) in [6.07, 6.45) is -2.04. The van der Waals surface area contributed by atoms with E-state index in [1.807, 2.05) is 0 Å². The lowest BCUT2D eigenvalue weighted by Gasteiger charge is -2.21. The molecule has 0 aliphatic carbocycles. The van der Waals surface area contributed by atoms with Crippen LogP contribution in [-0.2, 0) is 46.5 Å². The zero-order chi connectivity index (χ0) is 27.3. The minimum atomic E-state index is -1.55. The number of benzene rings is 1. The number of hydrogen-bond acceptors (Lipinski definition) is 8. The third-order valence-corrected chi connectivity index (χ3v) is 5.28. The van der Waals surface area contributed by atoms with Gasteiger partial charge in [0.25, 0.3) is 0 Å². The number of carbonyl (C=O) groups excluding carboxylic acids is 4. The fourth-order valence-corrected chi connectivity index (χ4v) is 3.36. The van der Waals surface area contributed by atoms with Gasteiger partial charge in [-0.15, -0.1) is 0 Å². The number of amides is 3. The van der Waals surface area contributed by atoms with Gasteiger partial charge >= 0.3 is 17.9 Å². The van der Waals surface area contributed by atoms with Crippen LogP contribution in [0.5, 0.6) is 0 Å². The molecule has 0 aromatic heterocycles. The number of carboxylic acid groups (broad SMARTS) is 3. The highest BCUT2D eigenvalue weighted by atomic mass is 32.1. The molecular weight excluding hydrogens is 498 g/mol. The SMILES string of the molecule is O=CNCc1ccc(CC(=O)N[C@H](CC(=O)O)C(=O)C[C@H](CC(=O)O)C(=O)N[C@@H](CS)C(=O)O)cc1. The molecule has 14 heteroatoms. The molecule has 0 aliphatic rings. The van der Waals surface area contributed by atoms with Crippen molar-refractivity contribution < 1.29 is 48.9 Å². The van der Waals surface area contributed by atoms with Crippen molar-refractivity contribution >= 4 is 54.5 Å². The Morgan fingerprint density at radius 3 is 1.92 bits per heavy atom. The number of carboxylic acids is 3. The Morgan fingerprint density at radius 2 is 1.42 bits per heavy atom. The average molecular weight is 526 g/mol. The van der Waals surface area contributed by atoms with Crippen LogP contribution in [-0.4, -0.2) is 75.1 Å². The van der Waals surface area contributed by atoms with Gasteiger partial charge < -0.3 is 31.3 Å². The van der Waals surface area contributed by atoms with Crippen molar-refractivity contribution in [3.63, 3.8) is 0 Å². The quantitative estimate of drug-likeness (QED) is 0.0970. The van der Waals surface area contributed by atoms with Gasteiger partial charge in [-0.1, -0.05) is 24.3 Å². The second kappa shape index (κ2) is 15.1. The molecule has 196 valence electrons. The number of aliphatic carboxylic acids is 3. The lowest BCUT2D eigenvalue weighted by atomic mass is 9.93. The minimum Gasteiger partial charge on any atom is -0.481 e. The summed E-state index contributed by atoms with van der Waals surface area (Å²) in [5, 5.41) is 34.2. The Balaban J connectivity index is 2.92. The maximum atomic E-state index is 12.8. The van der Waals surface area contributed by atoms with Crippen molar-refractivity contribution in [2.75, 3.05) is 5.75 Å². The van der Waals surface area contributed by atoms with Gasteiger partial charge in [0, 0.05) is 18.7 Å². The van der Waals surface area contributed by atoms with Gasteiger partial charge in [-0.3, -0.25) is 28.8 Å². The molecule has 0 aliphatic heterocycles. The molecule has 1 rings (SSSR count). The highest BCUT2D eigenvalue weighted by Gasteiger charge is 2.32. The van der Waals surface area contributed by atoms with Gasteiger partial charge in [-0.2, -0.15) is 12.6 Å². The number of thiol groups is 1. The minimum absolute atomic E-state index is 0.202. The summed E-state index contributed by atoms with van der Waals surface area (Å²) in [6.45, 7) is 0.289. The van der Waals surface area contributed by atoms with Crippen LogP contribution in [0.25, 0.3) is 0 Å². The summed E-state index contributed by atoms with van der Waals surface area (Å²) in [7, 11) is 0. The maximum absolute atomic E-state index is 12.8. The van der Waals surface area contributed by atoms with Crippen LogP contribution >= 0.6 is 12.6 Å². The maximum Gasteiger partial charge on any atom is 0.327 e. The van der Waals surface area contributed by atoms with Crippen LogP contribution < -0.4 is 16.0 Å². The molecule has 1 aromatic rings. The summed E-state index contributed by atoms with van der Waals surface area (Å²) in [5.74, 6) is -8.68. The van der Waals surface area contributed by atoms with E-state index in [0.717, 1.165) is 5.56 Å². The van der Waals surface area contributed by atoms with Crippen molar-refractivity contribution in [3.8, 4) is 0 Å². The predicted molar refractivity (Wildman–Crippen MR) is 126 cm³/mol. The molecule has 0 fully saturated rings. The van der Waals surface area contributed by atoms with Crippen molar-refractivity contribution in [3.05, 3.63) is 35.4 Å². The van der Waals surface area contributed by atoms with Crippen LogP contribution in [0.15, 0.2) is 24.3 Å². The standard InChI is InChI=1S/C22H27N3O10S/c26-11-23-9-13-3-1-12(2-4-13)5-18(28)24-15(8-20(31)32)17(27)6-14(7-19(29)30)21(33)25-16(10-36)22(34)35/h1-4,11,14-16,36H,5-10H2,(H,23,26)(H,24,28)(H,25,33)(H,29,30)(H,31,32)(H,34,35)/t14-,15-,16+/m1/s1. The molecule has 0 saturated heterocycles. The molecule has 6 N–H and O–H groups in total. The largest absolute Gasteiger partial charge is 0.481 e. The van der Waals surface area contributed by atoms with Crippen molar-refractivity contribution in [1.82, 2.24) is 16.0 Å². The number of hydrogen-bond donors (Lipinski definition) is 7. The van der Waals surface area contributed by atoms with Gasteiger partial charge in [0.2, 0.25) is 18.2 Å². The Bertz CT molecular complexity index is 983. The third-order valence-electron chi connectivity index (χ3n) is 4.92. The molecular formula is C22H27N3O10S. The van der Waals surface area contributed by atoms with Crippen LogP contribution in [0.1, 0.15) is 30.4 Å². The smallest absolute Gasteiger partial charge is 0.327 e. The number of ketones is 1. The van der Waals surface area contributed by atoms with E-state index in [4.69, 9.17) is 15.3 Å². The summed E-state index contributed by atoms with van der Waals surface area (Å²) >= 11 is 3.80. The van der Waals surface area contributed by atoms with Crippen molar-refractivity contribution in [2.45, 2.75) is 44.3 Å². The van der Waals surface area contributed by atoms with Gasteiger partial charge in [0.15, 0.2) is 5.78 Å². The average Bonchev–Trinajstić information content (AvgIpc) is 2.80. The lowest BCUT2D eigenvalue weighted by molar-refractivity contribution is -0.145. The van der Waals surface area contributed by atoms with E-state index in [9.17, 15) is 33.6 Å². The first kappa shape index (κ1) is 30.1. The molecule has 13 nitrogen and oxygen atoms in total. The van der Waals surface area contributed by atoms with Crippen LogP contribution in [0.3, 0.4) is 0 Å². The fraction of sp³-hybridized carbons (Fsp3) is 0.409. The molecule has 0 radical (unpaired) electrons. The van der Waals surface area contributed by atoms with E-state index in [2.05, 4.69) is 28.6 Å². The molecule has 1 aromatic carbocycles. The molecule has 0 spiro atoms. The highest BCUT2D eigenvalue weighted by Crippen LogP contribution is 2.14.